The van der Waals surface area contributed by atoms with Gasteiger partial charge in [0.05, 0.1) is 0 Å². The van der Waals surface area contributed by atoms with Gasteiger partial charge in [-0.05, 0) is 56.4 Å². The van der Waals surface area contributed by atoms with Gasteiger partial charge in [0.15, 0.2) is 0 Å². The number of hydrogen-bond donors (Lipinski definition) is 1. The zero-order valence-electron chi connectivity index (χ0n) is 13.3. The molecule has 0 aliphatic heterocycles. The van der Waals surface area contributed by atoms with E-state index in [0.29, 0.717) is 0 Å². The molecule has 0 aromatic rings. The molecule has 0 aromatic heterocycles. The highest BCUT2D eigenvalue weighted by Gasteiger charge is 2.20. The Hall–Kier alpha value is -0.0400. The van der Waals surface area contributed by atoms with Crippen molar-refractivity contribution >= 4 is 0 Å². The van der Waals surface area contributed by atoms with Crippen molar-refractivity contribution in [3.63, 3.8) is 0 Å². The van der Waals surface area contributed by atoms with Crippen molar-refractivity contribution in [2.45, 2.75) is 90.5 Å². The van der Waals surface area contributed by atoms with Crippen LogP contribution in [-0.4, -0.2) is 12.6 Å². The normalized spacial score (nSPS) is 36.9. The summed E-state index contributed by atoms with van der Waals surface area (Å²) in [6.07, 6.45) is 16.0. The molecule has 0 heterocycles. The van der Waals surface area contributed by atoms with Crippen molar-refractivity contribution in [3.05, 3.63) is 0 Å². The van der Waals surface area contributed by atoms with Crippen molar-refractivity contribution in [3.8, 4) is 0 Å². The van der Waals surface area contributed by atoms with Crippen LogP contribution in [0.3, 0.4) is 0 Å². The molecule has 2 rings (SSSR count). The van der Waals surface area contributed by atoms with E-state index in [0.717, 1.165) is 23.8 Å². The lowest BCUT2D eigenvalue weighted by molar-refractivity contribution is 0.263. The van der Waals surface area contributed by atoms with Crippen LogP contribution in [0.1, 0.15) is 84.5 Å². The number of rotatable bonds is 5. The van der Waals surface area contributed by atoms with Crippen LogP contribution in [0, 0.1) is 17.8 Å². The molecule has 0 amide bonds. The van der Waals surface area contributed by atoms with Crippen molar-refractivity contribution in [2.75, 3.05) is 6.54 Å². The summed E-state index contributed by atoms with van der Waals surface area (Å²) in [6, 6.07) is 0.831. The number of nitrogens with one attached hydrogen (secondary N) is 1. The Bertz CT molecular complexity index is 238. The predicted octanol–water partition coefficient (Wildman–Crippen LogP) is 5.15. The van der Waals surface area contributed by atoms with Crippen LogP contribution in [0.5, 0.6) is 0 Å². The van der Waals surface area contributed by atoms with Gasteiger partial charge in [0.1, 0.15) is 0 Å². The van der Waals surface area contributed by atoms with Gasteiger partial charge in [-0.1, -0.05) is 52.4 Å². The quantitative estimate of drug-likeness (QED) is 0.678. The average molecular weight is 265 g/mol. The van der Waals surface area contributed by atoms with Crippen molar-refractivity contribution in [1.82, 2.24) is 5.32 Å². The van der Waals surface area contributed by atoms with E-state index in [-0.39, 0.29) is 0 Å². The maximum atomic E-state index is 3.87. The molecule has 0 radical (unpaired) electrons. The molecule has 4 atom stereocenters. The molecule has 4 unspecified atom stereocenters. The van der Waals surface area contributed by atoms with Gasteiger partial charge in [-0.15, -0.1) is 0 Å². The van der Waals surface area contributed by atoms with E-state index in [2.05, 4.69) is 19.2 Å². The van der Waals surface area contributed by atoms with Crippen LogP contribution in [0.2, 0.25) is 0 Å². The fourth-order valence-electron chi connectivity index (χ4n) is 4.30. The van der Waals surface area contributed by atoms with Gasteiger partial charge in [-0.3, -0.25) is 0 Å². The molecule has 1 heteroatoms. The van der Waals surface area contributed by atoms with Crippen LogP contribution in [0.15, 0.2) is 0 Å². The molecule has 0 bridgehead atoms. The predicted molar refractivity (Wildman–Crippen MR) is 84.4 cm³/mol. The second-order valence-electron chi connectivity index (χ2n) is 7.36. The summed E-state index contributed by atoms with van der Waals surface area (Å²) in [7, 11) is 0. The Kier molecular flexibility index (Phi) is 6.70. The average Bonchev–Trinajstić information content (AvgIpc) is 2.64. The minimum absolute atomic E-state index is 0.831. The molecule has 112 valence electrons. The van der Waals surface area contributed by atoms with Gasteiger partial charge in [0.2, 0.25) is 0 Å². The zero-order valence-corrected chi connectivity index (χ0v) is 13.3. The summed E-state index contributed by atoms with van der Waals surface area (Å²) in [5.74, 6) is 3.03. The van der Waals surface area contributed by atoms with Crippen LogP contribution in [-0.2, 0) is 0 Å². The third kappa shape index (κ3) is 5.45. The number of hydrogen-bond acceptors (Lipinski definition) is 1. The first-order valence-electron chi connectivity index (χ1n) is 9.01. The van der Waals surface area contributed by atoms with Gasteiger partial charge in [-0.25, -0.2) is 0 Å². The lowest BCUT2D eigenvalue weighted by atomic mass is 9.81. The minimum atomic E-state index is 0.831. The Morgan fingerprint density at radius 2 is 1.68 bits per heavy atom. The summed E-state index contributed by atoms with van der Waals surface area (Å²) < 4.78 is 0. The first kappa shape index (κ1) is 15.4. The highest BCUT2D eigenvalue weighted by atomic mass is 14.9. The Morgan fingerprint density at radius 3 is 2.47 bits per heavy atom. The first-order valence-corrected chi connectivity index (χ1v) is 9.01. The topological polar surface area (TPSA) is 12.0 Å². The van der Waals surface area contributed by atoms with E-state index in [9.17, 15) is 0 Å². The molecule has 2 fully saturated rings. The molecule has 2 aliphatic carbocycles. The second-order valence-corrected chi connectivity index (χ2v) is 7.36. The summed E-state index contributed by atoms with van der Waals surface area (Å²) >= 11 is 0. The van der Waals surface area contributed by atoms with Crippen molar-refractivity contribution in [2.24, 2.45) is 17.8 Å². The van der Waals surface area contributed by atoms with Crippen LogP contribution >= 0.6 is 0 Å². The summed E-state index contributed by atoms with van der Waals surface area (Å²) in [4.78, 5) is 0. The van der Waals surface area contributed by atoms with Crippen molar-refractivity contribution < 1.29 is 0 Å². The van der Waals surface area contributed by atoms with E-state index >= 15 is 0 Å². The molecule has 1 N–H and O–H groups in total. The van der Waals surface area contributed by atoms with Gasteiger partial charge in [0.25, 0.3) is 0 Å². The summed E-state index contributed by atoms with van der Waals surface area (Å²) in [5, 5.41) is 3.87. The molecule has 1 nitrogen and oxygen atoms in total. The minimum Gasteiger partial charge on any atom is -0.314 e. The smallest absolute Gasteiger partial charge is 0.00671 e. The van der Waals surface area contributed by atoms with Crippen molar-refractivity contribution in [1.29, 1.82) is 0 Å². The maximum Gasteiger partial charge on any atom is 0.00671 e. The van der Waals surface area contributed by atoms with Gasteiger partial charge in [0, 0.05) is 6.04 Å². The molecule has 0 spiro atoms. The SMILES string of the molecule is CCC1CCCC(NCCC2CCCC(C)C2)CC1. The standard InChI is InChI=1S/C18H35N/c1-3-16-7-5-9-18(11-10-16)19-13-12-17-8-4-6-15(2)14-17/h15-19H,3-14H2,1-2H3. The molecule has 2 saturated carbocycles. The molecular formula is C18H35N. The second kappa shape index (κ2) is 8.29. The lowest BCUT2D eigenvalue weighted by Crippen LogP contribution is -2.31. The van der Waals surface area contributed by atoms with Crippen LogP contribution < -0.4 is 5.32 Å². The Balaban J connectivity index is 1.60. The van der Waals surface area contributed by atoms with Crippen LogP contribution in [0.4, 0.5) is 0 Å². The van der Waals surface area contributed by atoms with E-state index in [4.69, 9.17) is 0 Å². The van der Waals surface area contributed by atoms with E-state index in [1.165, 1.54) is 77.2 Å². The molecule has 2 aliphatic rings. The monoisotopic (exact) mass is 265 g/mol. The third-order valence-corrected chi connectivity index (χ3v) is 5.70. The Labute approximate surface area is 120 Å². The van der Waals surface area contributed by atoms with Gasteiger partial charge < -0.3 is 5.32 Å². The van der Waals surface area contributed by atoms with Gasteiger partial charge >= 0.3 is 0 Å². The Morgan fingerprint density at radius 1 is 0.895 bits per heavy atom. The first-order chi connectivity index (χ1) is 9.28. The fourth-order valence-corrected chi connectivity index (χ4v) is 4.30. The molecule has 19 heavy (non-hydrogen) atoms. The lowest BCUT2D eigenvalue weighted by Gasteiger charge is -2.27. The van der Waals surface area contributed by atoms with Crippen LogP contribution in [0.25, 0.3) is 0 Å². The van der Waals surface area contributed by atoms with E-state index in [1.54, 1.807) is 0 Å². The largest absolute Gasteiger partial charge is 0.314 e. The zero-order chi connectivity index (χ0) is 13.5. The molecule has 0 aromatic carbocycles. The van der Waals surface area contributed by atoms with E-state index < -0.39 is 0 Å². The third-order valence-electron chi connectivity index (χ3n) is 5.70. The highest BCUT2D eigenvalue weighted by Crippen LogP contribution is 2.30. The molecular weight excluding hydrogens is 230 g/mol. The van der Waals surface area contributed by atoms with Gasteiger partial charge in [-0.2, -0.15) is 0 Å². The fraction of sp³-hybridized carbons (Fsp3) is 1.00. The summed E-state index contributed by atoms with van der Waals surface area (Å²) in [5.41, 5.74) is 0. The summed E-state index contributed by atoms with van der Waals surface area (Å²) in [6.45, 7) is 6.08. The highest BCUT2D eigenvalue weighted by molar-refractivity contribution is 4.76. The van der Waals surface area contributed by atoms with E-state index in [1.807, 2.05) is 0 Å². The maximum absolute atomic E-state index is 3.87. The molecule has 0 saturated heterocycles.